The lowest BCUT2D eigenvalue weighted by Crippen LogP contribution is -2.31. The molecule has 1 aliphatic rings. The van der Waals surface area contributed by atoms with Gasteiger partial charge in [0.1, 0.15) is 11.7 Å². The lowest BCUT2D eigenvalue weighted by molar-refractivity contribution is -0.126. The van der Waals surface area contributed by atoms with Crippen LogP contribution in [0.25, 0.3) is 0 Å². The quantitative estimate of drug-likeness (QED) is 0.519. The van der Waals surface area contributed by atoms with Crippen molar-refractivity contribution < 1.29 is 14.4 Å². The number of rotatable bonds is 5. The fourth-order valence-electron chi connectivity index (χ4n) is 1.91. The van der Waals surface area contributed by atoms with E-state index in [-0.39, 0.29) is 17.8 Å². The number of nitrogens with zero attached hydrogens (tertiary/aromatic N) is 1. The van der Waals surface area contributed by atoms with Gasteiger partial charge in [-0.2, -0.15) is 0 Å². The first-order valence-corrected chi connectivity index (χ1v) is 6.09. The zero-order valence-electron chi connectivity index (χ0n) is 10.6. The van der Waals surface area contributed by atoms with E-state index in [2.05, 4.69) is 15.6 Å². The molecule has 102 valence electrons. The van der Waals surface area contributed by atoms with Crippen molar-refractivity contribution in [3.8, 4) is 0 Å². The van der Waals surface area contributed by atoms with Gasteiger partial charge in [0, 0.05) is 19.8 Å². The molecular weight excluding hydrogens is 248 g/mol. The molecular formula is C12H16N4O3. The highest BCUT2D eigenvalue weighted by atomic mass is 16.2. The number of imide groups is 1. The number of nitrogens with one attached hydrogen (secondary N) is 3. The summed E-state index contributed by atoms with van der Waals surface area (Å²) in [6.45, 7) is 0.460. The Morgan fingerprint density at radius 1 is 1.47 bits per heavy atom. The van der Waals surface area contributed by atoms with E-state index in [9.17, 15) is 14.4 Å². The molecule has 4 amide bonds. The molecule has 2 heterocycles. The van der Waals surface area contributed by atoms with Crippen molar-refractivity contribution in [2.75, 3.05) is 13.6 Å². The summed E-state index contributed by atoms with van der Waals surface area (Å²) in [5.74, 6) is -0.399. The second kappa shape index (κ2) is 5.55. The predicted octanol–water partition coefficient (Wildman–Crippen LogP) is 0.0749. The van der Waals surface area contributed by atoms with Crippen LogP contribution in [0.5, 0.6) is 0 Å². The molecule has 1 aliphatic heterocycles. The lowest BCUT2D eigenvalue weighted by atomic mass is 10.1. The monoisotopic (exact) mass is 264 g/mol. The first kappa shape index (κ1) is 13.1. The van der Waals surface area contributed by atoms with E-state index in [0.29, 0.717) is 25.1 Å². The van der Waals surface area contributed by atoms with E-state index in [0.717, 1.165) is 4.90 Å². The maximum absolute atomic E-state index is 11.6. The number of carbonyl (C=O) groups is 3. The van der Waals surface area contributed by atoms with Crippen LogP contribution >= 0.6 is 0 Å². The average molecular weight is 264 g/mol. The van der Waals surface area contributed by atoms with Gasteiger partial charge in [0.25, 0.3) is 11.8 Å². The summed E-state index contributed by atoms with van der Waals surface area (Å²) in [4.78, 5) is 38.3. The molecule has 19 heavy (non-hydrogen) atoms. The minimum absolute atomic E-state index is 0.177. The van der Waals surface area contributed by atoms with Gasteiger partial charge in [-0.1, -0.05) is 0 Å². The van der Waals surface area contributed by atoms with Crippen LogP contribution in [0, 0.1) is 0 Å². The molecule has 0 aliphatic carbocycles. The van der Waals surface area contributed by atoms with Gasteiger partial charge in [-0.3, -0.25) is 14.5 Å². The topological polar surface area (TPSA) is 94.3 Å². The number of amides is 4. The first-order valence-electron chi connectivity index (χ1n) is 6.09. The summed E-state index contributed by atoms with van der Waals surface area (Å²) < 4.78 is 0. The number of aromatic amines is 1. The first-order chi connectivity index (χ1) is 9.09. The van der Waals surface area contributed by atoms with Crippen molar-refractivity contribution in [1.82, 2.24) is 20.5 Å². The van der Waals surface area contributed by atoms with E-state index < -0.39 is 6.04 Å². The molecule has 1 fully saturated rings. The average Bonchev–Trinajstić information content (AvgIpc) is 3.00. The van der Waals surface area contributed by atoms with Crippen LogP contribution < -0.4 is 10.6 Å². The van der Waals surface area contributed by atoms with Crippen molar-refractivity contribution >= 4 is 17.8 Å². The van der Waals surface area contributed by atoms with E-state index in [1.54, 1.807) is 18.3 Å². The Labute approximate surface area is 110 Å². The van der Waals surface area contributed by atoms with Gasteiger partial charge in [-0.05, 0) is 25.0 Å². The number of hydrogen-bond acceptors (Lipinski definition) is 3. The van der Waals surface area contributed by atoms with Crippen molar-refractivity contribution in [3.05, 3.63) is 24.0 Å². The van der Waals surface area contributed by atoms with Gasteiger partial charge in [-0.25, -0.2) is 4.79 Å². The number of likely N-dealkylation sites (N-methyl/N-ethyl adjacent to an activating group) is 1. The van der Waals surface area contributed by atoms with Crippen LogP contribution in [0.3, 0.4) is 0 Å². The predicted molar refractivity (Wildman–Crippen MR) is 67.4 cm³/mol. The van der Waals surface area contributed by atoms with Gasteiger partial charge in [0.2, 0.25) is 0 Å². The van der Waals surface area contributed by atoms with Gasteiger partial charge in [0.15, 0.2) is 0 Å². The molecule has 0 radical (unpaired) electrons. The van der Waals surface area contributed by atoms with Crippen molar-refractivity contribution in [2.45, 2.75) is 18.9 Å². The van der Waals surface area contributed by atoms with Crippen LogP contribution in [0.4, 0.5) is 4.79 Å². The lowest BCUT2D eigenvalue weighted by Gasteiger charge is -2.08. The summed E-state index contributed by atoms with van der Waals surface area (Å²) in [6.07, 6.45) is 2.81. The third-order valence-electron chi connectivity index (χ3n) is 3.03. The van der Waals surface area contributed by atoms with Crippen molar-refractivity contribution in [2.24, 2.45) is 0 Å². The minimum Gasteiger partial charge on any atom is -0.357 e. The molecule has 1 atom stereocenters. The molecule has 1 unspecified atom stereocenters. The van der Waals surface area contributed by atoms with Crippen LogP contribution in [0.15, 0.2) is 18.3 Å². The molecule has 1 aromatic rings. The van der Waals surface area contributed by atoms with Gasteiger partial charge < -0.3 is 15.6 Å². The number of urea groups is 1. The largest absolute Gasteiger partial charge is 0.357 e. The second-order valence-electron chi connectivity index (χ2n) is 4.38. The number of hydrogen-bond donors (Lipinski definition) is 3. The summed E-state index contributed by atoms with van der Waals surface area (Å²) in [5.41, 5.74) is 0.505. The second-order valence-corrected chi connectivity index (χ2v) is 4.38. The standard InChI is InChI=1S/C12H16N4O3/c1-16-11(18)9(15-12(16)19)5-3-7-14-10(17)8-4-2-6-13-8/h2,4,6,9,13H,3,5,7H2,1H3,(H,14,17)(H,15,19). The van der Waals surface area contributed by atoms with Crippen LogP contribution in [0.1, 0.15) is 23.3 Å². The fourth-order valence-corrected chi connectivity index (χ4v) is 1.91. The molecule has 3 N–H and O–H groups in total. The third-order valence-corrected chi connectivity index (χ3v) is 3.03. The van der Waals surface area contributed by atoms with Crippen molar-refractivity contribution in [1.29, 1.82) is 0 Å². The molecule has 0 bridgehead atoms. The van der Waals surface area contributed by atoms with Crippen molar-refractivity contribution in [3.63, 3.8) is 0 Å². The molecule has 0 aromatic carbocycles. The SMILES string of the molecule is CN1C(=O)NC(CCCNC(=O)c2ccc[nH]2)C1=O. The zero-order valence-corrected chi connectivity index (χ0v) is 10.6. The maximum Gasteiger partial charge on any atom is 0.324 e. The highest BCUT2D eigenvalue weighted by molar-refractivity contribution is 6.03. The molecule has 0 saturated carbocycles. The van der Waals surface area contributed by atoms with E-state index in [1.165, 1.54) is 7.05 Å². The van der Waals surface area contributed by atoms with Gasteiger partial charge in [-0.15, -0.1) is 0 Å². The van der Waals surface area contributed by atoms with E-state index in [4.69, 9.17) is 0 Å². The zero-order chi connectivity index (χ0) is 13.8. The summed E-state index contributed by atoms with van der Waals surface area (Å²) >= 11 is 0. The van der Waals surface area contributed by atoms with Crippen LogP contribution in [0.2, 0.25) is 0 Å². The Hall–Kier alpha value is -2.31. The Morgan fingerprint density at radius 2 is 2.26 bits per heavy atom. The fraction of sp³-hybridized carbons (Fsp3) is 0.417. The molecule has 1 aromatic heterocycles. The summed E-state index contributed by atoms with van der Waals surface area (Å²) in [5, 5.41) is 5.33. The summed E-state index contributed by atoms with van der Waals surface area (Å²) in [6, 6.07) is 2.59. The van der Waals surface area contributed by atoms with Gasteiger partial charge >= 0.3 is 6.03 Å². The molecule has 7 nitrogen and oxygen atoms in total. The smallest absolute Gasteiger partial charge is 0.324 e. The Kier molecular flexibility index (Phi) is 3.84. The Balaban J connectivity index is 1.69. The minimum atomic E-state index is -0.472. The highest BCUT2D eigenvalue weighted by Gasteiger charge is 2.34. The number of aromatic nitrogens is 1. The van der Waals surface area contributed by atoms with E-state index >= 15 is 0 Å². The van der Waals surface area contributed by atoms with Crippen LogP contribution in [-0.4, -0.2) is 47.4 Å². The Morgan fingerprint density at radius 3 is 2.84 bits per heavy atom. The van der Waals surface area contributed by atoms with Crippen LogP contribution in [-0.2, 0) is 4.79 Å². The highest BCUT2D eigenvalue weighted by Crippen LogP contribution is 2.08. The Bertz CT molecular complexity index is 483. The normalized spacial score (nSPS) is 18.6. The number of carbonyl (C=O) groups excluding carboxylic acids is 3. The molecule has 7 heteroatoms. The maximum atomic E-state index is 11.6. The molecule has 0 spiro atoms. The van der Waals surface area contributed by atoms with E-state index in [1.807, 2.05) is 0 Å². The van der Waals surface area contributed by atoms with Gasteiger partial charge in [0.05, 0.1) is 0 Å². The summed E-state index contributed by atoms with van der Waals surface area (Å²) in [7, 11) is 1.45. The molecule has 1 saturated heterocycles. The molecule has 2 rings (SSSR count). The third kappa shape index (κ3) is 2.93. The number of H-pyrrole nitrogens is 1.